The van der Waals surface area contributed by atoms with Gasteiger partial charge in [-0.15, -0.1) is 0 Å². The Morgan fingerprint density at radius 3 is 2.45 bits per heavy atom. The Labute approximate surface area is 171 Å². The predicted molar refractivity (Wildman–Crippen MR) is 112 cm³/mol. The molecule has 0 fully saturated rings. The summed E-state index contributed by atoms with van der Waals surface area (Å²) < 4.78 is 13.2. The van der Waals surface area contributed by atoms with E-state index in [9.17, 15) is 4.79 Å². The molecule has 0 aliphatic rings. The molecule has 6 nitrogen and oxygen atoms in total. The van der Waals surface area contributed by atoms with Crippen molar-refractivity contribution in [1.29, 1.82) is 0 Å². The predicted octanol–water partition coefficient (Wildman–Crippen LogP) is 3.81. The second kappa shape index (κ2) is 10.9. The van der Waals surface area contributed by atoms with Gasteiger partial charge in [0, 0.05) is 25.4 Å². The van der Waals surface area contributed by atoms with Gasteiger partial charge in [-0.3, -0.25) is 9.48 Å². The summed E-state index contributed by atoms with van der Waals surface area (Å²) in [5, 5.41) is 7.25. The van der Waals surface area contributed by atoms with E-state index < -0.39 is 0 Å². The van der Waals surface area contributed by atoms with E-state index >= 15 is 0 Å². The Morgan fingerprint density at radius 1 is 1.00 bits per heavy atom. The number of amides is 1. The van der Waals surface area contributed by atoms with Gasteiger partial charge in [-0.1, -0.05) is 36.4 Å². The molecule has 0 bridgehead atoms. The highest BCUT2D eigenvalue weighted by atomic mass is 16.5. The van der Waals surface area contributed by atoms with Crippen LogP contribution in [0.5, 0.6) is 11.5 Å². The van der Waals surface area contributed by atoms with E-state index in [0.717, 1.165) is 16.9 Å². The van der Waals surface area contributed by atoms with Crippen LogP contribution in [0.4, 0.5) is 0 Å². The molecule has 1 N–H and O–H groups in total. The first-order chi connectivity index (χ1) is 14.3. The summed E-state index contributed by atoms with van der Waals surface area (Å²) in [4.78, 5) is 12.2. The normalized spacial score (nSPS) is 10.5. The number of hydrogen-bond acceptors (Lipinski definition) is 4. The third kappa shape index (κ3) is 6.38. The van der Waals surface area contributed by atoms with Gasteiger partial charge in [-0.25, -0.2) is 0 Å². The largest absolute Gasteiger partial charge is 0.490 e. The van der Waals surface area contributed by atoms with Gasteiger partial charge in [0.05, 0.1) is 19.8 Å². The highest BCUT2D eigenvalue weighted by Gasteiger charge is 2.07. The molecular weight excluding hydrogens is 366 g/mol. The molecule has 3 rings (SSSR count). The zero-order chi connectivity index (χ0) is 20.3. The molecule has 2 aromatic carbocycles. The number of ether oxygens (including phenoxy) is 2. The zero-order valence-electron chi connectivity index (χ0n) is 16.7. The quantitative estimate of drug-likeness (QED) is 0.503. The molecule has 1 heterocycles. The fourth-order valence-corrected chi connectivity index (χ4v) is 2.99. The first-order valence-corrected chi connectivity index (χ1v) is 9.92. The van der Waals surface area contributed by atoms with Crippen molar-refractivity contribution < 1.29 is 14.3 Å². The first kappa shape index (κ1) is 20.5. The van der Waals surface area contributed by atoms with Crippen molar-refractivity contribution in [3.63, 3.8) is 0 Å². The van der Waals surface area contributed by atoms with Crippen molar-refractivity contribution in [2.24, 2.45) is 0 Å². The molecule has 6 heteroatoms. The van der Waals surface area contributed by atoms with Gasteiger partial charge in [-0.2, -0.15) is 5.10 Å². The van der Waals surface area contributed by atoms with E-state index in [1.165, 1.54) is 0 Å². The molecule has 0 spiro atoms. The molecule has 1 amide bonds. The second-order valence-corrected chi connectivity index (χ2v) is 6.58. The summed E-state index contributed by atoms with van der Waals surface area (Å²) in [6.07, 6.45) is 4.75. The molecule has 0 saturated heterocycles. The van der Waals surface area contributed by atoms with Crippen LogP contribution in [0.3, 0.4) is 0 Å². The topological polar surface area (TPSA) is 65.4 Å². The van der Waals surface area contributed by atoms with Gasteiger partial charge in [0.1, 0.15) is 0 Å². The van der Waals surface area contributed by atoms with Crippen LogP contribution < -0.4 is 14.8 Å². The van der Waals surface area contributed by atoms with E-state index in [2.05, 4.69) is 16.5 Å². The molecule has 152 valence electrons. The minimum Gasteiger partial charge on any atom is -0.490 e. The standard InChI is InChI=1S/C23H27N3O3/c1-2-28-21-11-5-6-12-22(21)29-16-7-13-23(27)24-17-19-9-3-4-10-20(19)18-26-15-8-14-25-26/h3-6,8-12,14-15H,2,7,13,16-18H2,1H3,(H,24,27). The lowest BCUT2D eigenvalue weighted by atomic mass is 10.1. The second-order valence-electron chi connectivity index (χ2n) is 6.58. The average Bonchev–Trinajstić information content (AvgIpc) is 3.25. The van der Waals surface area contributed by atoms with Crippen LogP contribution in [-0.2, 0) is 17.9 Å². The van der Waals surface area contributed by atoms with Crippen LogP contribution in [0.2, 0.25) is 0 Å². The molecule has 1 aromatic heterocycles. The smallest absolute Gasteiger partial charge is 0.220 e. The van der Waals surface area contributed by atoms with Crippen LogP contribution in [0, 0.1) is 0 Å². The molecule has 0 aliphatic carbocycles. The first-order valence-electron chi connectivity index (χ1n) is 9.92. The summed E-state index contributed by atoms with van der Waals surface area (Å²) in [7, 11) is 0. The molecular formula is C23H27N3O3. The zero-order valence-corrected chi connectivity index (χ0v) is 16.7. The summed E-state index contributed by atoms with van der Waals surface area (Å²) >= 11 is 0. The van der Waals surface area contributed by atoms with Gasteiger partial charge >= 0.3 is 0 Å². The number of para-hydroxylation sites is 2. The lowest BCUT2D eigenvalue weighted by Gasteiger charge is -2.12. The molecule has 0 saturated carbocycles. The van der Waals surface area contributed by atoms with Crippen molar-refractivity contribution in [1.82, 2.24) is 15.1 Å². The van der Waals surface area contributed by atoms with E-state index in [1.54, 1.807) is 6.20 Å². The van der Waals surface area contributed by atoms with Crippen LogP contribution in [0.1, 0.15) is 30.9 Å². The van der Waals surface area contributed by atoms with E-state index in [1.807, 2.05) is 66.3 Å². The summed E-state index contributed by atoms with van der Waals surface area (Å²) in [6, 6.07) is 17.6. The Kier molecular flexibility index (Phi) is 7.69. The summed E-state index contributed by atoms with van der Waals surface area (Å²) in [5.41, 5.74) is 2.24. The number of rotatable bonds is 11. The van der Waals surface area contributed by atoms with E-state index in [0.29, 0.717) is 44.9 Å². The van der Waals surface area contributed by atoms with Gasteiger partial charge in [0.25, 0.3) is 0 Å². The summed E-state index contributed by atoms with van der Waals surface area (Å²) in [6.45, 7) is 4.18. The van der Waals surface area contributed by atoms with Gasteiger partial charge < -0.3 is 14.8 Å². The monoisotopic (exact) mass is 393 g/mol. The summed E-state index contributed by atoms with van der Waals surface area (Å²) in [5.74, 6) is 1.45. The SMILES string of the molecule is CCOc1ccccc1OCCCC(=O)NCc1ccccc1Cn1cccn1. The van der Waals surface area contributed by atoms with Gasteiger partial charge in [0.15, 0.2) is 11.5 Å². The molecule has 29 heavy (non-hydrogen) atoms. The Hall–Kier alpha value is -3.28. The number of carbonyl (C=O) groups excluding carboxylic acids is 1. The number of nitrogens with one attached hydrogen (secondary N) is 1. The Balaban J connectivity index is 1.42. The van der Waals surface area contributed by atoms with E-state index in [-0.39, 0.29) is 5.91 Å². The number of hydrogen-bond donors (Lipinski definition) is 1. The van der Waals surface area contributed by atoms with Crippen molar-refractivity contribution in [2.45, 2.75) is 32.9 Å². The van der Waals surface area contributed by atoms with Crippen LogP contribution in [0.15, 0.2) is 67.0 Å². The fourth-order valence-electron chi connectivity index (χ4n) is 2.99. The van der Waals surface area contributed by atoms with Gasteiger partial charge in [0.2, 0.25) is 5.91 Å². The number of carbonyl (C=O) groups is 1. The third-order valence-corrected chi connectivity index (χ3v) is 4.44. The highest BCUT2D eigenvalue weighted by Crippen LogP contribution is 2.26. The molecule has 0 radical (unpaired) electrons. The Morgan fingerprint density at radius 2 is 1.72 bits per heavy atom. The van der Waals surface area contributed by atoms with E-state index in [4.69, 9.17) is 9.47 Å². The van der Waals surface area contributed by atoms with Crippen molar-refractivity contribution in [3.05, 3.63) is 78.1 Å². The minimum absolute atomic E-state index is 0.0144. The van der Waals surface area contributed by atoms with Crippen molar-refractivity contribution in [3.8, 4) is 11.5 Å². The molecule has 0 atom stereocenters. The van der Waals surface area contributed by atoms with Crippen LogP contribution >= 0.6 is 0 Å². The maximum Gasteiger partial charge on any atom is 0.220 e. The highest BCUT2D eigenvalue weighted by molar-refractivity contribution is 5.75. The Bertz CT molecular complexity index is 894. The molecule has 3 aromatic rings. The number of nitrogens with zero attached hydrogens (tertiary/aromatic N) is 2. The number of aromatic nitrogens is 2. The van der Waals surface area contributed by atoms with Crippen LogP contribution in [0.25, 0.3) is 0 Å². The fraction of sp³-hybridized carbons (Fsp3) is 0.304. The number of benzene rings is 2. The lowest BCUT2D eigenvalue weighted by molar-refractivity contribution is -0.121. The van der Waals surface area contributed by atoms with Crippen molar-refractivity contribution >= 4 is 5.91 Å². The van der Waals surface area contributed by atoms with Crippen molar-refractivity contribution in [2.75, 3.05) is 13.2 Å². The maximum atomic E-state index is 12.2. The van der Waals surface area contributed by atoms with Gasteiger partial charge in [-0.05, 0) is 42.7 Å². The van der Waals surface area contributed by atoms with Crippen LogP contribution in [-0.4, -0.2) is 28.9 Å². The molecule has 0 unspecified atom stereocenters. The molecule has 0 aliphatic heterocycles. The minimum atomic E-state index is 0.0144. The lowest BCUT2D eigenvalue weighted by Crippen LogP contribution is -2.23. The average molecular weight is 393 g/mol. The maximum absolute atomic E-state index is 12.2. The third-order valence-electron chi connectivity index (χ3n) is 4.44.